The summed E-state index contributed by atoms with van der Waals surface area (Å²) in [5, 5.41) is 14.2. The lowest BCUT2D eigenvalue weighted by molar-refractivity contribution is -0.141. The molecule has 0 bridgehead atoms. The molecule has 3 N–H and O–H groups in total. The van der Waals surface area contributed by atoms with Crippen LogP contribution in [0.5, 0.6) is 5.75 Å². The lowest BCUT2D eigenvalue weighted by Crippen LogP contribution is -2.35. The molecule has 0 aromatic heterocycles. The Kier molecular flexibility index (Phi) is 7.01. The fourth-order valence-corrected chi connectivity index (χ4v) is 2.12. The molecule has 1 rings (SSSR count). The zero-order chi connectivity index (χ0) is 15.8. The van der Waals surface area contributed by atoms with E-state index in [9.17, 15) is 9.59 Å². The number of carboxylic acids is 1. The highest BCUT2D eigenvalue weighted by atomic mass is 79.9. The van der Waals surface area contributed by atoms with Gasteiger partial charge in [0, 0.05) is 17.1 Å². The molecule has 1 unspecified atom stereocenters. The number of rotatable bonds is 7. The molecule has 1 aromatic rings. The Morgan fingerprint density at radius 2 is 2.14 bits per heavy atom. The van der Waals surface area contributed by atoms with Crippen LogP contribution in [0, 0.1) is 5.92 Å². The van der Waals surface area contributed by atoms with E-state index in [1.54, 1.807) is 18.2 Å². The minimum Gasteiger partial charge on any atom is -0.497 e. The Morgan fingerprint density at radius 3 is 2.71 bits per heavy atom. The van der Waals surface area contributed by atoms with Crippen molar-refractivity contribution in [3.8, 4) is 5.75 Å². The maximum atomic E-state index is 11.8. The Labute approximate surface area is 132 Å². The van der Waals surface area contributed by atoms with E-state index in [1.807, 2.05) is 6.92 Å². The number of ether oxygens (including phenoxy) is 1. The molecule has 1 atom stereocenters. The number of benzene rings is 1. The third-order valence-electron chi connectivity index (χ3n) is 2.92. The average Bonchev–Trinajstić information content (AvgIpc) is 2.45. The Balaban J connectivity index is 2.59. The number of nitrogens with one attached hydrogen (secondary N) is 2. The van der Waals surface area contributed by atoms with Gasteiger partial charge in [0.15, 0.2) is 0 Å². The zero-order valence-corrected chi connectivity index (χ0v) is 13.6. The molecule has 2 amide bonds. The number of halogens is 1. The van der Waals surface area contributed by atoms with Crippen molar-refractivity contribution in [3.63, 3.8) is 0 Å². The zero-order valence-electron chi connectivity index (χ0n) is 12.0. The molecular weight excluding hydrogens is 340 g/mol. The van der Waals surface area contributed by atoms with Crippen LogP contribution in [-0.4, -0.2) is 30.8 Å². The van der Waals surface area contributed by atoms with E-state index in [4.69, 9.17) is 9.84 Å². The maximum Gasteiger partial charge on any atom is 0.319 e. The van der Waals surface area contributed by atoms with Crippen molar-refractivity contribution in [3.05, 3.63) is 22.7 Å². The van der Waals surface area contributed by atoms with Crippen LogP contribution in [-0.2, 0) is 4.79 Å². The Hall–Kier alpha value is -1.76. The first-order chi connectivity index (χ1) is 9.97. The molecular formula is C14H19BrN2O4. The van der Waals surface area contributed by atoms with E-state index >= 15 is 0 Å². The summed E-state index contributed by atoms with van der Waals surface area (Å²) in [5.74, 6) is -0.864. The highest BCUT2D eigenvalue weighted by Gasteiger charge is 2.17. The van der Waals surface area contributed by atoms with Gasteiger partial charge in [-0.15, -0.1) is 0 Å². The number of hydrogen-bond acceptors (Lipinski definition) is 3. The van der Waals surface area contributed by atoms with Crippen molar-refractivity contribution in [2.24, 2.45) is 5.92 Å². The summed E-state index contributed by atoms with van der Waals surface area (Å²) < 4.78 is 5.79. The van der Waals surface area contributed by atoms with Crippen LogP contribution in [0.4, 0.5) is 10.5 Å². The van der Waals surface area contributed by atoms with Crippen molar-refractivity contribution in [2.75, 3.05) is 19.0 Å². The van der Waals surface area contributed by atoms with E-state index in [1.165, 1.54) is 7.11 Å². The maximum absolute atomic E-state index is 11.8. The first kappa shape index (κ1) is 17.3. The fourth-order valence-electron chi connectivity index (χ4n) is 1.77. The molecule has 0 spiro atoms. The van der Waals surface area contributed by atoms with Crippen LogP contribution in [0.2, 0.25) is 0 Å². The molecule has 21 heavy (non-hydrogen) atoms. The van der Waals surface area contributed by atoms with Crippen LogP contribution < -0.4 is 15.4 Å². The molecule has 7 heteroatoms. The minimum absolute atomic E-state index is 0.0938. The predicted molar refractivity (Wildman–Crippen MR) is 83.7 cm³/mol. The van der Waals surface area contributed by atoms with Gasteiger partial charge in [0.05, 0.1) is 18.7 Å². The standard InChI is InChI=1S/C14H19BrN2O4/c1-3-4-9(13(18)19)8-16-14(20)17-12-7-10(21-2)5-6-11(12)15/h5-7,9H,3-4,8H2,1-2H3,(H,18,19)(H2,16,17,20). The summed E-state index contributed by atoms with van der Waals surface area (Å²) in [6, 6.07) is 4.73. The molecule has 1 aromatic carbocycles. The number of methoxy groups -OCH3 is 1. The van der Waals surface area contributed by atoms with Gasteiger partial charge in [-0.25, -0.2) is 4.79 Å². The average molecular weight is 359 g/mol. The molecule has 0 saturated heterocycles. The lowest BCUT2D eigenvalue weighted by Gasteiger charge is -2.14. The second kappa shape index (κ2) is 8.51. The summed E-state index contributed by atoms with van der Waals surface area (Å²) in [6.07, 6.45) is 1.28. The number of carboxylic acid groups (broad SMARTS) is 1. The minimum atomic E-state index is -0.903. The third-order valence-corrected chi connectivity index (χ3v) is 3.61. The van der Waals surface area contributed by atoms with Gasteiger partial charge in [-0.1, -0.05) is 13.3 Å². The first-order valence-corrected chi connectivity index (χ1v) is 7.38. The summed E-state index contributed by atoms with van der Waals surface area (Å²) in [5.41, 5.74) is 0.550. The van der Waals surface area contributed by atoms with Crippen molar-refractivity contribution in [2.45, 2.75) is 19.8 Å². The second-order valence-corrected chi connectivity index (χ2v) is 5.36. The predicted octanol–water partition coefficient (Wildman–Crippen LogP) is 3.08. The van der Waals surface area contributed by atoms with Crippen LogP contribution in [0.15, 0.2) is 22.7 Å². The van der Waals surface area contributed by atoms with E-state index < -0.39 is 17.9 Å². The van der Waals surface area contributed by atoms with Gasteiger partial charge >= 0.3 is 12.0 Å². The molecule has 0 aliphatic heterocycles. The van der Waals surface area contributed by atoms with Crippen molar-refractivity contribution < 1.29 is 19.4 Å². The third kappa shape index (κ3) is 5.63. The number of carbonyl (C=O) groups excluding carboxylic acids is 1. The first-order valence-electron chi connectivity index (χ1n) is 6.59. The van der Waals surface area contributed by atoms with Crippen LogP contribution in [0.3, 0.4) is 0 Å². The topological polar surface area (TPSA) is 87.7 Å². The van der Waals surface area contributed by atoms with Crippen LogP contribution in [0.1, 0.15) is 19.8 Å². The van der Waals surface area contributed by atoms with Gasteiger partial charge in [0.2, 0.25) is 0 Å². The van der Waals surface area contributed by atoms with Crippen molar-refractivity contribution in [1.82, 2.24) is 5.32 Å². The number of hydrogen-bond donors (Lipinski definition) is 3. The number of anilines is 1. The molecule has 0 fully saturated rings. The van der Waals surface area contributed by atoms with Gasteiger partial charge in [0.25, 0.3) is 0 Å². The molecule has 0 aliphatic carbocycles. The summed E-state index contributed by atoms with van der Waals surface area (Å²) in [7, 11) is 1.54. The van der Waals surface area contributed by atoms with Gasteiger partial charge in [-0.2, -0.15) is 0 Å². The molecule has 0 saturated carbocycles. The van der Waals surface area contributed by atoms with Crippen molar-refractivity contribution in [1.29, 1.82) is 0 Å². The van der Waals surface area contributed by atoms with Gasteiger partial charge in [-0.05, 0) is 34.5 Å². The SMILES string of the molecule is CCCC(CNC(=O)Nc1cc(OC)ccc1Br)C(=O)O. The highest BCUT2D eigenvalue weighted by Crippen LogP contribution is 2.26. The van der Waals surface area contributed by atoms with Crippen LogP contribution >= 0.6 is 15.9 Å². The Morgan fingerprint density at radius 1 is 1.43 bits per heavy atom. The van der Waals surface area contributed by atoms with Crippen molar-refractivity contribution >= 4 is 33.6 Å². The lowest BCUT2D eigenvalue weighted by atomic mass is 10.0. The number of urea groups is 1. The number of carbonyl (C=O) groups is 2. The molecule has 0 aliphatic rings. The quantitative estimate of drug-likeness (QED) is 0.698. The highest BCUT2D eigenvalue weighted by molar-refractivity contribution is 9.10. The summed E-state index contributed by atoms with van der Waals surface area (Å²) in [6.45, 7) is 2.00. The Bertz CT molecular complexity index is 508. The van der Waals surface area contributed by atoms with Gasteiger partial charge in [-0.3, -0.25) is 4.79 Å². The van der Waals surface area contributed by atoms with Crippen LogP contribution in [0.25, 0.3) is 0 Å². The van der Waals surface area contributed by atoms with E-state index in [-0.39, 0.29) is 6.54 Å². The second-order valence-electron chi connectivity index (χ2n) is 4.50. The molecule has 6 nitrogen and oxygen atoms in total. The fraction of sp³-hybridized carbons (Fsp3) is 0.429. The largest absolute Gasteiger partial charge is 0.497 e. The van der Waals surface area contributed by atoms with E-state index in [2.05, 4.69) is 26.6 Å². The normalized spacial score (nSPS) is 11.6. The summed E-state index contributed by atoms with van der Waals surface area (Å²) in [4.78, 5) is 22.8. The summed E-state index contributed by atoms with van der Waals surface area (Å²) >= 11 is 3.32. The van der Waals surface area contributed by atoms with Gasteiger partial charge in [0.1, 0.15) is 5.75 Å². The van der Waals surface area contributed by atoms with E-state index in [0.29, 0.717) is 22.3 Å². The monoisotopic (exact) mass is 358 g/mol. The molecule has 0 radical (unpaired) electrons. The molecule has 116 valence electrons. The molecule has 0 heterocycles. The number of aliphatic carboxylic acids is 1. The van der Waals surface area contributed by atoms with Gasteiger partial charge < -0.3 is 20.5 Å². The smallest absolute Gasteiger partial charge is 0.319 e. The number of amides is 2. The van der Waals surface area contributed by atoms with E-state index in [0.717, 1.165) is 6.42 Å².